The Balaban J connectivity index is 1.54. The van der Waals surface area contributed by atoms with Crippen molar-refractivity contribution in [3.8, 4) is 45.1 Å². The molecule has 2 heterocycles. The van der Waals surface area contributed by atoms with E-state index in [1.54, 1.807) is 19.2 Å². The molecule has 5 rings (SSSR count). The number of anilines is 1. The number of guanidine groups is 1. The Morgan fingerprint density at radius 3 is 2.26 bits per heavy atom. The number of aldehydes is 1. The normalized spacial score (nSPS) is 12.5. The van der Waals surface area contributed by atoms with Crippen LogP contribution < -0.4 is 20.1 Å². The van der Waals surface area contributed by atoms with E-state index in [9.17, 15) is 4.79 Å². The van der Waals surface area contributed by atoms with Crippen LogP contribution in [0, 0.1) is 0 Å². The Labute approximate surface area is 230 Å². The van der Waals surface area contributed by atoms with Crippen molar-refractivity contribution in [1.29, 1.82) is 0 Å². The van der Waals surface area contributed by atoms with E-state index < -0.39 is 0 Å². The molecule has 0 fully saturated rings. The number of carbonyl (C=O) groups is 1. The van der Waals surface area contributed by atoms with Crippen LogP contribution in [0.25, 0.3) is 33.5 Å². The summed E-state index contributed by atoms with van der Waals surface area (Å²) in [6.07, 6.45) is 0.705. The van der Waals surface area contributed by atoms with Gasteiger partial charge in [-0.05, 0) is 29.8 Å². The number of ether oxygens (including phenoxy) is 2. The van der Waals surface area contributed by atoms with Gasteiger partial charge in [0.2, 0.25) is 5.88 Å². The minimum absolute atomic E-state index is 0.238. The lowest BCUT2D eigenvalue weighted by Gasteiger charge is -2.16. The number of hydrogen-bond acceptors (Lipinski definition) is 7. The Morgan fingerprint density at radius 1 is 0.895 bits per heavy atom. The van der Waals surface area contributed by atoms with Gasteiger partial charge in [0.25, 0.3) is 0 Å². The summed E-state index contributed by atoms with van der Waals surface area (Å²) in [4.78, 5) is 20.1. The number of aromatic nitrogens is 1. The second kappa shape index (κ2) is 11.1. The van der Waals surface area contributed by atoms with Gasteiger partial charge < -0.3 is 20.1 Å². The van der Waals surface area contributed by atoms with Crippen LogP contribution in [0.3, 0.4) is 0 Å². The summed E-state index contributed by atoms with van der Waals surface area (Å²) in [7, 11) is 3.10. The maximum absolute atomic E-state index is 11.3. The SMILES string of the molecule is COc1cc(-c2cccc(-c3cccc(-c4ccc(C=O)c(OC)n4)c3Cl)c2Cl)ccc1NC1=NCCN1. The third kappa shape index (κ3) is 4.90. The van der Waals surface area contributed by atoms with E-state index in [0.717, 1.165) is 47.0 Å². The van der Waals surface area contributed by atoms with E-state index in [4.69, 9.17) is 32.7 Å². The molecule has 1 aliphatic rings. The van der Waals surface area contributed by atoms with Crippen molar-refractivity contribution in [3.63, 3.8) is 0 Å². The lowest BCUT2D eigenvalue weighted by atomic mass is 9.96. The highest BCUT2D eigenvalue weighted by Crippen LogP contribution is 2.43. The van der Waals surface area contributed by atoms with Crippen LogP contribution in [-0.4, -0.2) is 44.5 Å². The molecule has 38 heavy (non-hydrogen) atoms. The predicted octanol–water partition coefficient (Wildman–Crippen LogP) is 6.59. The van der Waals surface area contributed by atoms with Gasteiger partial charge in [-0.1, -0.05) is 65.7 Å². The number of halogens is 2. The third-order valence-corrected chi connectivity index (χ3v) is 7.03. The summed E-state index contributed by atoms with van der Waals surface area (Å²) in [5.41, 5.74) is 5.71. The number of hydrogen-bond donors (Lipinski definition) is 2. The number of carbonyl (C=O) groups excluding carboxylic acids is 1. The van der Waals surface area contributed by atoms with E-state index >= 15 is 0 Å². The average molecular weight is 547 g/mol. The van der Waals surface area contributed by atoms with Gasteiger partial charge in [0.15, 0.2) is 12.2 Å². The van der Waals surface area contributed by atoms with Crippen molar-refractivity contribution >= 4 is 41.1 Å². The van der Waals surface area contributed by atoms with Gasteiger partial charge in [-0.3, -0.25) is 9.79 Å². The molecule has 0 atom stereocenters. The maximum Gasteiger partial charge on any atom is 0.224 e. The molecule has 0 unspecified atom stereocenters. The summed E-state index contributed by atoms with van der Waals surface area (Å²) in [5, 5.41) is 7.50. The number of benzene rings is 3. The van der Waals surface area contributed by atoms with Crippen molar-refractivity contribution in [2.75, 3.05) is 32.6 Å². The van der Waals surface area contributed by atoms with Gasteiger partial charge in [-0.25, -0.2) is 4.98 Å². The van der Waals surface area contributed by atoms with Gasteiger partial charge in [0.1, 0.15) is 5.75 Å². The molecule has 0 bridgehead atoms. The van der Waals surface area contributed by atoms with E-state index in [0.29, 0.717) is 38.9 Å². The number of aliphatic imine (C=N–C) groups is 1. The first-order valence-corrected chi connectivity index (χ1v) is 12.6. The summed E-state index contributed by atoms with van der Waals surface area (Å²) in [5.74, 6) is 1.62. The molecule has 0 saturated carbocycles. The van der Waals surface area contributed by atoms with Gasteiger partial charge in [-0.15, -0.1) is 0 Å². The van der Waals surface area contributed by atoms with E-state index in [1.165, 1.54) is 7.11 Å². The molecular weight excluding hydrogens is 523 g/mol. The first-order chi connectivity index (χ1) is 18.5. The van der Waals surface area contributed by atoms with Crippen LogP contribution in [-0.2, 0) is 0 Å². The molecule has 0 saturated heterocycles. The minimum atomic E-state index is 0.238. The summed E-state index contributed by atoms with van der Waals surface area (Å²) in [6.45, 7) is 1.55. The molecule has 1 aliphatic heterocycles. The van der Waals surface area contributed by atoms with Crippen LogP contribution in [0.1, 0.15) is 10.4 Å². The molecule has 9 heteroatoms. The van der Waals surface area contributed by atoms with E-state index in [1.807, 2.05) is 54.6 Å². The standard InChI is InChI=1S/C29H24Cl2N4O3/c1-37-25-15-17(9-12-24(25)35-29-32-13-14-33-29)19-5-3-6-20(26(19)30)21-7-4-8-22(27(21)31)23-11-10-18(16-36)28(34-23)38-2/h3-12,15-16H,13-14H2,1-2H3,(H2,32,33,35). The van der Waals surface area contributed by atoms with Crippen LogP contribution in [0.4, 0.5) is 5.69 Å². The monoisotopic (exact) mass is 546 g/mol. The fourth-order valence-corrected chi connectivity index (χ4v) is 4.99. The van der Waals surface area contributed by atoms with E-state index in [-0.39, 0.29) is 5.88 Å². The molecule has 0 amide bonds. The minimum Gasteiger partial charge on any atom is -0.495 e. The first kappa shape index (κ1) is 25.6. The number of pyridine rings is 1. The molecular formula is C29H24Cl2N4O3. The van der Waals surface area contributed by atoms with Gasteiger partial charge >= 0.3 is 0 Å². The molecule has 0 radical (unpaired) electrons. The largest absolute Gasteiger partial charge is 0.495 e. The van der Waals surface area contributed by atoms with Gasteiger partial charge in [-0.2, -0.15) is 0 Å². The quantitative estimate of drug-likeness (QED) is 0.254. The van der Waals surface area contributed by atoms with Crippen molar-refractivity contribution < 1.29 is 14.3 Å². The first-order valence-electron chi connectivity index (χ1n) is 11.9. The maximum atomic E-state index is 11.3. The lowest BCUT2D eigenvalue weighted by Crippen LogP contribution is -2.26. The molecule has 3 aromatic carbocycles. The fourth-order valence-electron chi connectivity index (χ4n) is 4.33. The zero-order valence-electron chi connectivity index (χ0n) is 20.7. The zero-order chi connectivity index (χ0) is 26.6. The Morgan fingerprint density at radius 2 is 1.61 bits per heavy atom. The predicted molar refractivity (Wildman–Crippen MR) is 153 cm³/mol. The Hall–Kier alpha value is -4.07. The highest BCUT2D eigenvalue weighted by Gasteiger charge is 2.18. The van der Waals surface area contributed by atoms with Gasteiger partial charge in [0.05, 0.1) is 47.8 Å². The fraction of sp³-hybridized carbons (Fsp3) is 0.138. The molecule has 192 valence electrons. The number of nitrogens with zero attached hydrogens (tertiary/aromatic N) is 2. The Kier molecular flexibility index (Phi) is 7.49. The second-order valence-corrected chi connectivity index (χ2v) is 9.20. The van der Waals surface area contributed by atoms with Crippen LogP contribution in [0.2, 0.25) is 10.0 Å². The van der Waals surface area contributed by atoms with Crippen LogP contribution >= 0.6 is 23.2 Å². The number of methoxy groups -OCH3 is 2. The summed E-state index contributed by atoms with van der Waals surface area (Å²) < 4.78 is 10.9. The van der Waals surface area contributed by atoms with Crippen LogP contribution in [0.15, 0.2) is 71.7 Å². The highest BCUT2D eigenvalue weighted by atomic mass is 35.5. The molecule has 0 spiro atoms. The highest BCUT2D eigenvalue weighted by molar-refractivity contribution is 6.39. The smallest absolute Gasteiger partial charge is 0.224 e. The lowest BCUT2D eigenvalue weighted by molar-refractivity contribution is 0.112. The van der Waals surface area contributed by atoms with Crippen molar-refractivity contribution in [1.82, 2.24) is 10.3 Å². The molecule has 1 aromatic heterocycles. The van der Waals surface area contributed by atoms with Crippen molar-refractivity contribution in [3.05, 3.63) is 82.3 Å². The van der Waals surface area contributed by atoms with Crippen molar-refractivity contribution in [2.24, 2.45) is 4.99 Å². The number of rotatable bonds is 7. The van der Waals surface area contributed by atoms with E-state index in [2.05, 4.69) is 20.6 Å². The third-order valence-electron chi connectivity index (χ3n) is 6.21. The second-order valence-electron chi connectivity index (χ2n) is 8.44. The summed E-state index contributed by atoms with van der Waals surface area (Å²) in [6, 6.07) is 20.8. The average Bonchev–Trinajstić information content (AvgIpc) is 3.46. The molecule has 2 N–H and O–H groups in total. The van der Waals surface area contributed by atoms with Gasteiger partial charge in [0, 0.05) is 28.8 Å². The zero-order valence-corrected chi connectivity index (χ0v) is 22.2. The molecule has 4 aromatic rings. The Bertz CT molecular complexity index is 1560. The molecule has 7 nitrogen and oxygen atoms in total. The molecule has 0 aliphatic carbocycles. The number of nitrogens with one attached hydrogen (secondary N) is 2. The summed E-state index contributed by atoms with van der Waals surface area (Å²) >= 11 is 13.9. The topological polar surface area (TPSA) is 84.8 Å². The van der Waals surface area contributed by atoms with Crippen molar-refractivity contribution in [2.45, 2.75) is 0 Å². The van der Waals surface area contributed by atoms with Crippen LogP contribution in [0.5, 0.6) is 11.6 Å².